The first-order valence-corrected chi connectivity index (χ1v) is 6.39. The van der Waals surface area contributed by atoms with Crippen molar-refractivity contribution < 1.29 is 9.53 Å². The van der Waals surface area contributed by atoms with Crippen molar-refractivity contribution in [3.05, 3.63) is 24.0 Å². The fraction of sp³-hybridized carbons (Fsp3) is 0.571. The van der Waals surface area contributed by atoms with Crippen LogP contribution in [0.25, 0.3) is 0 Å². The number of Topliss-reactive ketones (excluding diaryl/α,β-unsaturated/α-hetero) is 1. The minimum absolute atomic E-state index is 0.363. The van der Waals surface area contributed by atoms with Gasteiger partial charge in [-0.1, -0.05) is 6.92 Å². The number of ether oxygens (including phenoxy) is 1. The van der Waals surface area contributed by atoms with Crippen LogP contribution >= 0.6 is 0 Å². The molecule has 2 rings (SSSR count). The molecule has 17 heavy (non-hydrogen) atoms. The molecule has 0 unspecified atom stereocenters. The van der Waals surface area contributed by atoms with Crippen molar-refractivity contribution in [2.24, 2.45) is 5.92 Å². The molecule has 92 valence electrons. The first-order valence-electron chi connectivity index (χ1n) is 6.39. The Bertz CT molecular complexity index is 386. The minimum atomic E-state index is 0.363. The summed E-state index contributed by atoms with van der Waals surface area (Å²) in [6.45, 7) is 2.79. The van der Waals surface area contributed by atoms with E-state index in [0.717, 1.165) is 37.0 Å². The normalized spacial score (nSPS) is 14.6. The molecule has 1 aliphatic rings. The topological polar surface area (TPSA) is 39.2 Å². The highest BCUT2D eigenvalue weighted by atomic mass is 16.5. The molecule has 0 radical (unpaired) electrons. The van der Waals surface area contributed by atoms with Crippen molar-refractivity contribution >= 4 is 5.78 Å². The van der Waals surface area contributed by atoms with Crippen LogP contribution in [0.1, 0.15) is 38.2 Å². The SMILES string of the molecule is CCCOc1cncc(CCC(=O)C2CC2)c1. The third-order valence-corrected chi connectivity index (χ3v) is 2.94. The fourth-order valence-electron chi connectivity index (χ4n) is 1.78. The van der Waals surface area contributed by atoms with E-state index in [2.05, 4.69) is 11.9 Å². The highest BCUT2D eigenvalue weighted by molar-refractivity contribution is 5.83. The van der Waals surface area contributed by atoms with Crippen LogP contribution in [0.15, 0.2) is 18.5 Å². The molecule has 1 aliphatic carbocycles. The van der Waals surface area contributed by atoms with Crippen molar-refractivity contribution in [1.82, 2.24) is 4.98 Å². The maximum Gasteiger partial charge on any atom is 0.137 e. The first kappa shape index (κ1) is 12.1. The summed E-state index contributed by atoms with van der Waals surface area (Å²) in [5, 5.41) is 0. The molecule has 1 fully saturated rings. The summed E-state index contributed by atoms with van der Waals surface area (Å²) in [4.78, 5) is 15.7. The lowest BCUT2D eigenvalue weighted by molar-refractivity contribution is -0.120. The quantitative estimate of drug-likeness (QED) is 0.727. The first-order chi connectivity index (χ1) is 8.29. The average Bonchev–Trinajstić information content (AvgIpc) is 3.18. The van der Waals surface area contributed by atoms with Gasteiger partial charge in [0.15, 0.2) is 0 Å². The Morgan fingerprint density at radius 2 is 2.29 bits per heavy atom. The number of hydrogen-bond donors (Lipinski definition) is 0. The monoisotopic (exact) mass is 233 g/mol. The maximum atomic E-state index is 11.6. The lowest BCUT2D eigenvalue weighted by Crippen LogP contribution is -2.03. The van der Waals surface area contributed by atoms with Crippen LogP contribution in [0.4, 0.5) is 0 Å². The summed E-state index contributed by atoms with van der Waals surface area (Å²) in [6, 6.07) is 1.99. The largest absolute Gasteiger partial charge is 0.492 e. The number of aromatic nitrogens is 1. The van der Waals surface area contributed by atoms with Gasteiger partial charge in [0.05, 0.1) is 12.8 Å². The van der Waals surface area contributed by atoms with E-state index in [0.29, 0.717) is 24.7 Å². The molecular weight excluding hydrogens is 214 g/mol. The maximum absolute atomic E-state index is 11.6. The van der Waals surface area contributed by atoms with Gasteiger partial charge >= 0.3 is 0 Å². The lowest BCUT2D eigenvalue weighted by Gasteiger charge is -2.06. The fourth-order valence-corrected chi connectivity index (χ4v) is 1.78. The molecule has 0 amide bonds. The zero-order chi connectivity index (χ0) is 12.1. The van der Waals surface area contributed by atoms with Crippen molar-refractivity contribution in [1.29, 1.82) is 0 Å². The molecule has 0 atom stereocenters. The summed E-state index contributed by atoms with van der Waals surface area (Å²) in [5.41, 5.74) is 1.09. The van der Waals surface area contributed by atoms with Gasteiger partial charge < -0.3 is 4.74 Å². The van der Waals surface area contributed by atoms with E-state index in [-0.39, 0.29) is 0 Å². The number of nitrogens with zero attached hydrogens (tertiary/aromatic N) is 1. The van der Waals surface area contributed by atoms with E-state index in [4.69, 9.17) is 4.74 Å². The standard InChI is InChI=1S/C14H19NO2/c1-2-7-17-13-8-11(9-15-10-13)3-6-14(16)12-4-5-12/h8-10,12H,2-7H2,1H3. The van der Waals surface area contributed by atoms with Crippen LogP contribution in [0, 0.1) is 5.92 Å². The second kappa shape index (κ2) is 5.80. The lowest BCUT2D eigenvalue weighted by atomic mass is 10.1. The predicted molar refractivity (Wildman–Crippen MR) is 66.1 cm³/mol. The van der Waals surface area contributed by atoms with Gasteiger partial charge in [0.2, 0.25) is 0 Å². The highest BCUT2D eigenvalue weighted by Crippen LogP contribution is 2.31. The molecule has 3 nitrogen and oxygen atoms in total. The Kier molecular flexibility index (Phi) is 4.13. The van der Waals surface area contributed by atoms with Gasteiger partial charge in [0.1, 0.15) is 11.5 Å². The van der Waals surface area contributed by atoms with Crippen molar-refractivity contribution in [2.75, 3.05) is 6.61 Å². The summed E-state index contributed by atoms with van der Waals surface area (Å²) in [6.07, 6.45) is 8.15. The molecule has 0 bridgehead atoms. The molecule has 0 N–H and O–H groups in total. The van der Waals surface area contributed by atoms with Crippen molar-refractivity contribution in [3.8, 4) is 5.75 Å². The van der Waals surface area contributed by atoms with Gasteiger partial charge in [0, 0.05) is 18.5 Å². The van der Waals surface area contributed by atoms with Crippen molar-refractivity contribution in [2.45, 2.75) is 39.0 Å². The van der Waals surface area contributed by atoms with E-state index in [1.165, 1.54) is 0 Å². The molecule has 1 aromatic rings. The average molecular weight is 233 g/mol. The Balaban J connectivity index is 1.84. The van der Waals surface area contributed by atoms with Crippen LogP contribution in [-0.4, -0.2) is 17.4 Å². The Labute approximate surface area is 102 Å². The van der Waals surface area contributed by atoms with E-state index >= 15 is 0 Å². The number of pyridine rings is 1. The molecule has 0 saturated heterocycles. The minimum Gasteiger partial charge on any atom is -0.492 e. The third-order valence-electron chi connectivity index (χ3n) is 2.94. The number of hydrogen-bond acceptors (Lipinski definition) is 3. The van der Waals surface area contributed by atoms with Gasteiger partial charge in [0.25, 0.3) is 0 Å². The zero-order valence-electron chi connectivity index (χ0n) is 10.3. The highest BCUT2D eigenvalue weighted by Gasteiger charge is 2.28. The number of aryl methyl sites for hydroxylation is 1. The Morgan fingerprint density at radius 1 is 1.47 bits per heavy atom. The third kappa shape index (κ3) is 3.84. The number of carbonyl (C=O) groups is 1. The molecule has 1 aromatic heterocycles. The second-order valence-electron chi connectivity index (χ2n) is 4.62. The predicted octanol–water partition coefficient (Wildman–Crippen LogP) is 2.78. The molecule has 1 saturated carbocycles. The zero-order valence-corrected chi connectivity index (χ0v) is 10.3. The van der Waals surface area contributed by atoms with Crippen LogP contribution in [0.5, 0.6) is 5.75 Å². The Hall–Kier alpha value is -1.38. The van der Waals surface area contributed by atoms with E-state index in [1.54, 1.807) is 6.20 Å². The van der Waals surface area contributed by atoms with Crippen LogP contribution in [-0.2, 0) is 11.2 Å². The summed E-state index contributed by atoms with van der Waals surface area (Å²) < 4.78 is 5.51. The van der Waals surface area contributed by atoms with E-state index in [9.17, 15) is 4.79 Å². The summed E-state index contributed by atoms with van der Waals surface area (Å²) in [5.74, 6) is 1.58. The van der Waals surface area contributed by atoms with Crippen molar-refractivity contribution in [3.63, 3.8) is 0 Å². The van der Waals surface area contributed by atoms with Crippen LogP contribution in [0.2, 0.25) is 0 Å². The van der Waals surface area contributed by atoms with E-state index < -0.39 is 0 Å². The van der Waals surface area contributed by atoms with Crippen LogP contribution < -0.4 is 4.74 Å². The van der Waals surface area contributed by atoms with E-state index in [1.807, 2.05) is 12.3 Å². The smallest absolute Gasteiger partial charge is 0.137 e. The number of ketones is 1. The second-order valence-corrected chi connectivity index (χ2v) is 4.62. The van der Waals surface area contributed by atoms with Crippen LogP contribution in [0.3, 0.4) is 0 Å². The summed E-state index contributed by atoms with van der Waals surface area (Å²) >= 11 is 0. The van der Waals surface area contributed by atoms with Gasteiger partial charge in [-0.25, -0.2) is 0 Å². The molecule has 0 aliphatic heterocycles. The molecule has 1 heterocycles. The van der Waals surface area contributed by atoms with Gasteiger partial charge in [-0.05, 0) is 37.3 Å². The molecule has 0 spiro atoms. The molecular formula is C14H19NO2. The van der Waals surface area contributed by atoms with Gasteiger partial charge in [-0.15, -0.1) is 0 Å². The van der Waals surface area contributed by atoms with Gasteiger partial charge in [-0.2, -0.15) is 0 Å². The molecule has 0 aromatic carbocycles. The molecule has 3 heteroatoms. The summed E-state index contributed by atoms with van der Waals surface area (Å²) in [7, 11) is 0. The number of carbonyl (C=O) groups excluding carboxylic acids is 1. The van der Waals surface area contributed by atoms with Gasteiger partial charge in [-0.3, -0.25) is 9.78 Å². The number of rotatable bonds is 7. The Morgan fingerprint density at radius 3 is 3.00 bits per heavy atom.